The maximum atomic E-state index is 5.30. The van der Waals surface area contributed by atoms with Crippen molar-refractivity contribution in [2.45, 2.75) is 6.61 Å². The molecule has 0 radical (unpaired) electrons. The summed E-state index contributed by atoms with van der Waals surface area (Å²) in [6, 6.07) is 7.62. The number of anilines is 2. The van der Waals surface area contributed by atoms with Gasteiger partial charge < -0.3 is 14.8 Å². The van der Waals surface area contributed by atoms with E-state index in [9.17, 15) is 0 Å². The van der Waals surface area contributed by atoms with E-state index in [1.165, 1.54) is 6.33 Å². The molecule has 7 nitrogen and oxygen atoms in total. The van der Waals surface area contributed by atoms with Crippen LogP contribution in [0.2, 0.25) is 0 Å². The number of hydrogen-bond donors (Lipinski definition) is 1. The minimum Gasteiger partial charge on any atom is -0.495 e. The van der Waals surface area contributed by atoms with Gasteiger partial charge in [0.05, 0.1) is 23.9 Å². The van der Waals surface area contributed by atoms with Crippen LogP contribution in [0.4, 0.5) is 11.5 Å². The number of aromatic nitrogens is 4. The molecular formula is C14H14BrN5O2. The van der Waals surface area contributed by atoms with E-state index >= 15 is 0 Å². The van der Waals surface area contributed by atoms with Crippen molar-refractivity contribution in [3.05, 3.63) is 40.8 Å². The van der Waals surface area contributed by atoms with Crippen LogP contribution in [0.5, 0.6) is 5.75 Å². The van der Waals surface area contributed by atoms with Gasteiger partial charge in [-0.3, -0.25) is 0 Å². The van der Waals surface area contributed by atoms with E-state index in [4.69, 9.17) is 9.47 Å². The monoisotopic (exact) mass is 363 g/mol. The number of methoxy groups -OCH3 is 2. The molecule has 22 heavy (non-hydrogen) atoms. The molecule has 1 N–H and O–H groups in total. The maximum absolute atomic E-state index is 5.30. The van der Waals surface area contributed by atoms with Gasteiger partial charge in [-0.25, -0.2) is 4.98 Å². The minimum atomic E-state index is 0.404. The molecule has 3 rings (SSSR count). The molecule has 0 unspecified atom stereocenters. The lowest BCUT2D eigenvalue weighted by Crippen LogP contribution is -2.05. The van der Waals surface area contributed by atoms with Gasteiger partial charge in [0, 0.05) is 24.9 Å². The Morgan fingerprint density at radius 2 is 2.14 bits per heavy atom. The van der Waals surface area contributed by atoms with Crippen molar-refractivity contribution in [2.24, 2.45) is 0 Å². The van der Waals surface area contributed by atoms with Crippen molar-refractivity contribution in [2.75, 3.05) is 19.5 Å². The third-order valence-electron chi connectivity index (χ3n) is 3.02. The average molecular weight is 364 g/mol. The standard InChI is InChI=1S/C14H14BrN5O2/c1-21-7-10-6-13(20-14(19-10)16-8-17-20)18-9-3-4-11(15)12(5-9)22-2/h3-6,8,18H,7H2,1-2H3. The summed E-state index contributed by atoms with van der Waals surface area (Å²) in [6.07, 6.45) is 1.46. The molecule has 0 aliphatic rings. The number of rotatable bonds is 5. The second-order valence-corrected chi connectivity index (χ2v) is 5.37. The molecule has 0 aliphatic carbocycles. The molecule has 0 fully saturated rings. The van der Waals surface area contributed by atoms with Crippen LogP contribution in [0, 0.1) is 0 Å². The van der Waals surface area contributed by atoms with Crippen LogP contribution in [0.3, 0.4) is 0 Å². The molecular weight excluding hydrogens is 350 g/mol. The van der Waals surface area contributed by atoms with E-state index in [2.05, 4.69) is 36.3 Å². The summed E-state index contributed by atoms with van der Waals surface area (Å²) in [5.41, 5.74) is 1.64. The number of ether oxygens (including phenoxy) is 2. The molecule has 2 aromatic heterocycles. The van der Waals surface area contributed by atoms with Crippen LogP contribution in [0.25, 0.3) is 5.78 Å². The van der Waals surface area contributed by atoms with E-state index in [1.54, 1.807) is 18.7 Å². The fourth-order valence-corrected chi connectivity index (χ4v) is 2.47. The van der Waals surface area contributed by atoms with Crippen molar-refractivity contribution in [3.63, 3.8) is 0 Å². The summed E-state index contributed by atoms with van der Waals surface area (Å²) in [5, 5.41) is 7.47. The Hall–Kier alpha value is -2.19. The Morgan fingerprint density at radius 3 is 2.91 bits per heavy atom. The topological polar surface area (TPSA) is 73.6 Å². The van der Waals surface area contributed by atoms with Gasteiger partial charge in [0.1, 0.15) is 17.9 Å². The zero-order chi connectivity index (χ0) is 15.5. The van der Waals surface area contributed by atoms with Crippen molar-refractivity contribution < 1.29 is 9.47 Å². The summed E-state index contributed by atoms with van der Waals surface area (Å²) in [7, 11) is 3.25. The molecule has 0 saturated carbocycles. The second kappa shape index (κ2) is 6.29. The molecule has 114 valence electrons. The third-order valence-corrected chi connectivity index (χ3v) is 3.68. The summed E-state index contributed by atoms with van der Waals surface area (Å²) < 4.78 is 13.0. The quantitative estimate of drug-likeness (QED) is 0.751. The van der Waals surface area contributed by atoms with Crippen LogP contribution >= 0.6 is 15.9 Å². The van der Waals surface area contributed by atoms with Gasteiger partial charge in [0.15, 0.2) is 0 Å². The van der Waals surface area contributed by atoms with Gasteiger partial charge in [-0.1, -0.05) is 0 Å². The number of fused-ring (bicyclic) bond motifs is 1. The molecule has 3 aromatic rings. The molecule has 0 atom stereocenters. The molecule has 1 aromatic carbocycles. The van der Waals surface area contributed by atoms with Crippen molar-refractivity contribution in [1.82, 2.24) is 19.6 Å². The van der Waals surface area contributed by atoms with Gasteiger partial charge in [0.2, 0.25) is 0 Å². The lowest BCUT2D eigenvalue weighted by atomic mass is 10.3. The van der Waals surface area contributed by atoms with Crippen LogP contribution < -0.4 is 10.1 Å². The van der Waals surface area contributed by atoms with E-state index in [1.807, 2.05) is 24.3 Å². The first-order valence-electron chi connectivity index (χ1n) is 6.50. The molecule has 8 heteroatoms. The third kappa shape index (κ3) is 2.88. The first-order chi connectivity index (χ1) is 10.7. The first kappa shape index (κ1) is 14.7. The number of nitrogens with one attached hydrogen (secondary N) is 1. The van der Waals surface area contributed by atoms with Crippen molar-refractivity contribution in [3.8, 4) is 5.75 Å². The summed E-state index contributed by atoms with van der Waals surface area (Å²) in [4.78, 5) is 8.49. The van der Waals surface area contributed by atoms with Crippen LogP contribution in [-0.2, 0) is 11.3 Å². The Morgan fingerprint density at radius 1 is 1.27 bits per heavy atom. The van der Waals surface area contributed by atoms with E-state index in [0.717, 1.165) is 27.4 Å². The molecule has 0 spiro atoms. The smallest absolute Gasteiger partial charge is 0.254 e. The Balaban J connectivity index is 2.00. The van der Waals surface area contributed by atoms with Crippen LogP contribution in [0.1, 0.15) is 5.69 Å². The summed E-state index contributed by atoms with van der Waals surface area (Å²) in [5.74, 6) is 2.01. The molecule has 0 saturated heterocycles. The van der Waals surface area contributed by atoms with Gasteiger partial charge in [0.25, 0.3) is 5.78 Å². The Labute approximate surface area is 135 Å². The summed E-state index contributed by atoms with van der Waals surface area (Å²) in [6.45, 7) is 0.404. The Bertz CT molecular complexity index is 805. The second-order valence-electron chi connectivity index (χ2n) is 4.51. The van der Waals surface area contributed by atoms with Gasteiger partial charge >= 0.3 is 0 Å². The van der Waals surface area contributed by atoms with Gasteiger partial charge in [-0.15, -0.1) is 0 Å². The van der Waals surface area contributed by atoms with Crippen LogP contribution in [0.15, 0.2) is 35.1 Å². The number of benzene rings is 1. The Kier molecular flexibility index (Phi) is 4.21. The first-order valence-corrected chi connectivity index (χ1v) is 7.29. The van der Waals surface area contributed by atoms with Crippen LogP contribution in [-0.4, -0.2) is 33.8 Å². The average Bonchev–Trinajstić information content (AvgIpc) is 2.98. The predicted molar refractivity (Wildman–Crippen MR) is 85.5 cm³/mol. The summed E-state index contributed by atoms with van der Waals surface area (Å²) >= 11 is 3.43. The molecule has 0 aliphatic heterocycles. The molecule has 2 heterocycles. The fourth-order valence-electron chi connectivity index (χ4n) is 2.06. The van der Waals surface area contributed by atoms with E-state index < -0.39 is 0 Å². The highest BCUT2D eigenvalue weighted by Gasteiger charge is 2.09. The maximum Gasteiger partial charge on any atom is 0.254 e. The van der Waals surface area contributed by atoms with Gasteiger partial charge in [-0.2, -0.15) is 14.6 Å². The molecule has 0 bridgehead atoms. The lowest BCUT2D eigenvalue weighted by Gasteiger charge is -2.11. The highest BCUT2D eigenvalue weighted by molar-refractivity contribution is 9.10. The SMILES string of the molecule is COCc1cc(Nc2ccc(Br)c(OC)c2)n2ncnc2n1. The largest absolute Gasteiger partial charge is 0.495 e. The lowest BCUT2D eigenvalue weighted by molar-refractivity contribution is 0.181. The zero-order valence-corrected chi connectivity index (χ0v) is 13.7. The van der Waals surface area contributed by atoms with E-state index in [0.29, 0.717) is 12.4 Å². The highest BCUT2D eigenvalue weighted by Crippen LogP contribution is 2.29. The molecule has 0 amide bonds. The van der Waals surface area contributed by atoms with E-state index in [-0.39, 0.29) is 0 Å². The fraction of sp³-hybridized carbons (Fsp3) is 0.214. The predicted octanol–water partition coefficient (Wildman–Crippen LogP) is 2.79. The van der Waals surface area contributed by atoms with Crippen molar-refractivity contribution >= 4 is 33.2 Å². The normalized spacial score (nSPS) is 10.9. The van der Waals surface area contributed by atoms with Gasteiger partial charge in [-0.05, 0) is 28.1 Å². The van der Waals surface area contributed by atoms with Crippen molar-refractivity contribution in [1.29, 1.82) is 0 Å². The minimum absolute atomic E-state index is 0.404. The number of hydrogen-bond acceptors (Lipinski definition) is 6. The number of halogens is 1. The highest BCUT2D eigenvalue weighted by atomic mass is 79.9. The number of nitrogens with zero attached hydrogens (tertiary/aromatic N) is 4. The zero-order valence-electron chi connectivity index (χ0n) is 12.1.